The quantitative estimate of drug-likeness (QED) is 0.173. The minimum atomic E-state index is -0.0250. The topological polar surface area (TPSA) is 22.0 Å². The van der Waals surface area contributed by atoms with E-state index in [1.807, 2.05) is 70.5 Å². The molecule has 0 spiro atoms. The molecule has 0 fully saturated rings. The number of nitrogens with zero attached hydrogens (tertiary/aromatic N) is 1. The summed E-state index contributed by atoms with van der Waals surface area (Å²) in [5.41, 5.74) is 8.31. The van der Waals surface area contributed by atoms with Crippen LogP contribution in [0.1, 0.15) is 11.1 Å². The molecule has 0 unspecified atom stereocenters. The summed E-state index contributed by atoms with van der Waals surface area (Å²) >= 11 is 1.84. The van der Waals surface area contributed by atoms with E-state index in [1.54, 1.807) is 0 Å². The van der Waals surface area contributed by atoms with Gasteiger partial charge in [-0.3, -0.25) is 9.36 Å². The van der Waals surface area contributed by atoms with Crippen molar-refractivity contribution in [2.24, 2.45) is 0 Å². The molecular formula is C45H29NOS. The Bertz CT molecular complexity index is 2830. The van der Waals surface area contributed by atoms with Crippen LogP contribution in [-0.4, -0.2) is 4.57 Å². The number of hydrogen-bond acceptors (Lipinski definition) is 2. The van der Waals surface area contributed by atoms with Crippen LogP contribution in [0, 0.1) is 0 Å². The van der Waals surface area contributed by atoms with Gasteiger partial charge in [0.2, 0.25) is 0 Å². The second-order valence-corrected chi connectivity index (χ2v) is 13.1. The van der Waals surface area contributed by atoms with Gasteiger partial charge in [-0.25, -0.2) is 0 Å². The largest absolute Gasteiger partial charge is 0.276 e. The maximum atomic E-state index is 13.9. The van der Waals surface area contributed by atoms with Crippen molar-refractivity contribution < 1.29 is 0 Å². The zero-order valence-corrected chi connectivity index (χ0v) is 26.9. The molecule has 7 aromatic carbocycles. The lowest BCUT2D eigenvalue weighted by Gasteiger charge is -2.21. The van der Waals surface area contributed by atoms with E-state index in [-0.39, 0.29) is 5.56 Å². The van der Waals surface area contributed by atoms with E-state index in [9.17, 15) is 4.79 Å². The normalized spacial score (nSPS) is 11.6. The van der Waals surface area contributed by atoms with Crippen molar-refractivity contribution in [3.8, 4) is 27.9 Å². The van der Waals surface area contributed by atoms with Crippen LogP contribution in [0.3, 0.4) is 0 Å². The molecule has 0 saturated carbocycles. The highest BCUT2D eigenvalue weighted by atomic mass is 32.1. The molecule has 0 saturated heterocycles. The number of para-hydroxylation sites is 1. The zero-order valence-electron chi connectivity index (χ0n) is 26.1. The van der Waals surface area contributed by atoms with Gasteiger partial charge >= 0.3 is 0 Å². The summed E-state index contributed by atoms with van der Waals surface area (Å²) in [5.74, 6) is 0. The molecule has 0 atom stereocenters. The fourth-order valence-corrected chi connectivity index (χ4v) is 8.73. The maximum absolute atomic E-state index is 13.9. The molecule has 48 heavy (non-hydrogen) atoms. The molecule has 3 heteroatoms. The van der Waals surface area contributed by atoms with E-state index in [2.05, 4.69) is 110 Å². The number of fused-ring (bicyclic) bond motifs is 7. The van der Waals surface area contributed by atoms with Crippen LogP contribution in [0.5, 0.6) is 0 Å². The number of rotatable bonds is 5. The van der Waals surface area contributed by atoms with Gasteiger partial charge in [-0.1, -0.05) is 135 Å². The summed E-state index contributed by atoms with van der Waals surface area (Å²) in [4.78, 5) is 13.9. The standard InChI is InChI=1S/C45H29NOS/c1-3-30-31(4-2)43(39-21-13-20-37-34-16-10-12-23-41(34)48-44(37)39)36-18-7-6-17-35(36)42(30)28-24-26-29(27-25-28)46-40-22-11-9-15-33(40)32-14-5-8-19-38(32)45(46)47/h3-27H,1-2H2. The third kappa shape index (κ3) is 4.08. The van der Waals surface area contributed by atoms with E-state index < -0.39 is 0 Å². The first kappa shape index (κ1) is 28.2. The van der Waals surface area contributed by atoms with Gasteiger partial charge in [0.25, 0.3) is 5.56 Å². The predicted molar refractivity (Wildman–Crippen MR) is 208 cm³/mol. The molecule has 0 amide bonds. The van der Waals surface area contributed by atoms with Gasteiger partial charge in [-0.05, 0) is 74.3 Å². The smallest absolute Gasteiger partial charge is 0.263 e. The van der Waals surface area contributed by atoms with Gasteiger partial charge in [0.05, 0.1) is 5.52 Å². The lowest BCUT2D eigenvalue weighted by atomic mass is 9.83. The number of pyridine rings is 1. The Kier molecular flexibility index (Phi) is 6.49. The van der Waals surface area contributed by atoms with Gasteiger partial charge in [-0.15, -0.1) is 11.3 Å². The van der Waals surface area contributed by atoms with Crippen LogP contribution in [-0.2, 0) is 0 Å². The second kappa shape index (κ2) is 11.0. The number of aromatic nitrogens is 1. The fraction of sp³-hybridized carbons (Fsp3) is 0. The van der Waals surface area contributed by atoms with Crippen molar-refractivity contribution in [2.45, 2.75) is 0 Å². The molecule has 0 aliphatic rings. The molecule has 0 bridgehead atoms. The first-order chi connectivity index (χ1) is 23.7. The Morgan fingerprint density at radius 3 is 1.79 bits per heavy atom. The summed E-state index contributed by atoms with van der Waals surface area (Å²) in [6, 6.07) is 48.2. The van der Waals surface area contributed by atoms with Gasteiger partial charge in [0, 0.05) is 42.2 Å². The second-order valence-electron chi connectivity index (χ2n) is 12.1. The number of thiophene rings is 1. The van der Waals surface area contributed by atoms with E-state index in [1.165, 1.54) is 36.7 Å². The Hall–Kier alpha value is -6.03. The SMILES string of the molecule is C=Cc1c(C=C)c(-c2cccc3c2sc2ccccc23)c2ccccc2c1-c1ccc(-n2c(=O)c3ccccc3c3ccccc32)cc1. The number of benzene rings is 7. The van der Waals surface area contributed by atoms with E-state index >= 15 is 0 Å². The molecule has 0 aliphatic carbocycles. The maximum Gasteiger partial charge on any atom is 0.263 e. The molecule has 0 aliphatic heterocycles. The van der Waals surface area contributed by atoms with E-state index in [0.717, 1.165) is 49.6 Å². The average molecular weight is 632 g/mol. The van der Waals surface area contributed by atoms with Crippen LogP contribution in [0.15, 0.2) is 157 Å². The minimum Gasteiger partial charge on any atom is -0.276 e. The van der Waals surface area contributed by atoms with Crippen LogP contribution >= 0.6 is 11.3 Å². The predicted octanol–water partition coefficient (Wildman–Crippen LogP) is 12.3. The van der Waals surface area contributed by atoms with Gasteiger partial charge < -0.3 is 0 Å². The highest BCUT2D eigenvalue weighted by Crippen LogP contribution is 2.47. The first-order valence-corrected chi connectivity index (χ1v) is 16.9. The van der Waals surface area contributed by atoms with Crippen LogP contribution < -0.4 is 5.56 Å². The lowest BCUT2D eigenvalue weighted by molar-refractivity contribution is 1.06. The fourth-order valence-electron chi connectivity index (χ4n) is 7.51. The minimum absolute atomic E-state index is 0.0250. The molecule has 9 aromatic rings. The highest BCUT2D eigenvalue weighted by Gasteiger charge is 2.21. The van der Waals surface area contributed by atoms with Gasteiger partial charge in [0.1, 0.15) is 0 Å². The van der Waals surface area contributed by atoms with Crippen molar-refractivity contribution in [3.05, 3.63) is 174 Å². The molecule has 0 radical (unpaired) electrons. The molecule has 2 heterocycles. The van der Waals surface area contributed by atoms with Crippen LogP contribution in [0.4, 0.5) is 0 Å². The molecular weight excluding hydrogens is 603 g/mol. The summed E-state index contributed by atoms with van der Waals surface area (Å²) in [5, 5.41) is 7.59. The van der Waals surface area contributed by atoms with Gasteiger partial charge in [-0.2, -0.15) is 0 Å². The first-order valence-electron chi connectivity index (χ1n) is 16.1. The Morgan fingerprint density at radius 1 is 0.500 bits per heavy atom. The molecule has 2 aromatic heterocycles. The van der Waals surface area contributed by atoms with Crippen LogP contribution in [0.25, 0.3) is 92.7 Å². The lowest BCUT2D eigenvalue weighted by Crippen LogP contribution is -2.19. The highest BCUT2D eigenvalue weighted by molar-refractivity contribution is 7.26. The number of hydrogen-bond donors (Lipinski definition) is 0. The Labute approximate surface area is 281 Å². The Morgan fingerprint density at radius 2 is 1.06 bits per heavy atom. The van der Waals surface area contributed by atoms with Crippen molar-refractivity contribution >= 4 is 76.1 Å². The van der Waals surface area contributed by atoms with E-state index in [0.29, 0.717) is 5.39 Å². The van der Waals surface area contributed by atoms with Gasteiger partial charge in [0.15, 0.2) is 0 Å². The Balaban J connectivity index is 1.29. The van der Waals surface area contributed by atoms with Crippen molar-refractivity contribution in [2.75, 3.05) is 0 Å². The third-order valence-electron chi connectivity index (χ3n) is 9.59. The summed E-state index contributed by atoms with van der Waals surface area (Å²) < 4.78 is 4.38. The third-order valence-corrected chi connectivity index (χ3v) is 10.8. The average Bonchev–Trinajstić information content (AvgIpc) is 3.53. The van der Waals surface area contributed by atoms with Crippen molar-refractivity contribution in [1.29, 1.82) is 0 Å². The van der Waals surface area contributed by atoms with Crippen molar-refractivity contribution in [1.82, 2.24) is 4.57 Å². The van der Waals surface area contributed by atoms with Crippen molar-refractivity contribution in [3.63, 3.8) is 0 Å². The van der Waals surface area contributed by atoms with Crippen LogP contribution in [0.2, 0.25) is 0 Å². The monoisotopic (exact) mass is 631 g/mol. The summed E-state index contributed by atoms with van der Waals surface area (Å²) in [6.07, 6.45) is 3.94. The van der Waals surface area contributed by atoms with E-state index in [4.69, 9.17) is 0 Å². The summed E-state index contributed by atoms with van der Waals surface area (Å²) in [6.45, 7) is 8.64. The zero-order chi connectivity index (χ0) is 32.4. The molecule has 2 nitrogen and oxygen atoms in total. The summed E-state index contributed by atoms with van der Waals surface area (Å²) in [7, 11) is 0. The molecule has 0 N–H and O–H groups in total. The molecule has 226 valence electrons. The molecule has 9 rings (SSSR count).